The van der Waals surface area contributed by atoms with Crippen LogP contribution in [0.3, 0.4) is 0 Å². The largest absolute Gasteiger partial charge is 0.369 e. The summed E-state index contributed by atoms with van der Waals surface area (Å²) in [5.74, 6) is 2.19. The fraction of sp³-hybridized carbons (Fsp3) is 0.440. The molecule has 0 amide bonds. The number of pyridine rings is 2. The fourth-order valence-electron chi connectivity index (χ4n) is 4.34. The van der Waals surface area contributed by atoms with E-state index in [4.69, 9.17) is 4.98 Å². The molecule has 3 heterocycles. The average Bonchev–Trinajstić information content (AvgIpc) is 2.75. The average molecular weight is 389 g/mol. The van der Waals surface area contributed by atoms with Gasteiger partial charge in [-0.15, -0.1) is 0 Å². The first-order chi connectivity index (χ1) is 14.2. The molecule has 0 aliphatic carbocycles. The summed E-state index contributed by atoms with van der Waals surface area (Å²) in [5.41, 5.74) is 3.63. The Labute approximate surface area is 174 Å². The van der Waals surface area contributed by atoms with Crippen molar-refractivity contribution >= 4 is 16.7 Å². The highest BCUT2D eigenvalue weighted by atomic mass is 15.1. The summed E-state index contributed by atoms with van der Waals surface area (Å²) in [6.45, 7) is 8.77. The number of aromatic nitrogens is 2. The Hall–Kier alpha value is -2.46. The molecule has 1 N–H and O–H groups in total. The maximum absolute atomic E-state index is 4.79. The number of anilines is 1. The summed E-state index contributed by atoms with van der Waals surface area (Å²) in [5, 5.41) is 4.67. The van der Waals surface area contributed by atoms with Gasteiger partial charge >= 0.3 is 0 Å². The van der Waals surface area contributed by atoms with Crippen molar-refractivity contribution in [3.05, 3.63) is 66.0 Å². The first kappa shape index (κ1) is 19.8. The molecule has 2 aromatic heterocycles. The molecule has 29 heavy (non-hydrogen) atoms. The van der Waals surface area contributed by atoms with Gasteiger partial charge in [0.1, 0.15) is 5.82 Å². The number of likely N-dealkylation sites (tertiary alicyclic amines) is 1. The van der Waals surface area contributed by atoms with Crippen LogP contribution in [0.15, 0.2) is 54.7 Å². The highest BCUT2D eigenvalue weighted by Crippen LogP contribution is 2.24. The third-order valence-corrected chi connectivity index (χ3v) is 6.00. The second kappa shape index (κ2) is 9.36. The quantitative estimate of drug-likeness (QED) is 0.610. The minimum absolute atomic E-state index is 0.407. The van der Waals surface area contributed by atoms with Gasteiger partial charge in [0.2, 0.25) is 0 Å². The van der Waals surface area contributed by atoms with E-state index >= 15 is 0 Å². The molecule has 1 aliphatic rings. The van der Waals surface area contributed by atoms with Gasteiger partial charge in [-0.3, -0.25) is 4.98 Å². The van der Waals surface area contributed by atoms with Crippen molar-refractivity contribution in [1.29, 1.82) is 0 Å². The van der Waals surface area contributed by atoms with Gasteiger partial charge in [-0.05, 0) is 68.0 Å². The van der Waals surface area contributed by atoms with Gasteiger partial charge in [0.25, 0.3) is 0 Å². The van der Waals surface area contributed by atoms with Gasteiger partial charge in [0.05, 0.1) is 11.2 Å². The number of nitrogens with zero attached hydrogens (tertiary/aromatic N) is 3. The van der Waals surface area contributed by atoms with Crippen LogP contribution in [0.4, 0.5) is 5.82 Å². The summed E-state index contributed by atoms with van der Waals surface area (Å²) >= 11 is 0. The normalized spacial score (nSPS) is 15.8. The molecule has 3 aromatic rings. The van der Waals surface area contributed by atoms with E-state index in [0.717, 1.165) is 41.4 Å². The zero-order valence-electron chi connectivity index (χ0n) is 17.6. The van der Waals surface area contributed by atoms with Gasteiger partial charge in [0, 0.05) is 24.7 Å². The molecule has 1 saturated heterocycles. The SMILES string of the molecule is CC(C)c1nccc2nc(NCCN3CCC(Cc4ccccc4)CC3)ccc12. The van der Waals surface area contributed by atoms with Crippen LogP contribution in [0.5, 0.6) is 0 Å². The summed E-state index contributed by atoms with van der Waals surface area (Å²) in [6.07, 6.45) is 5.69. The van der Waals surface area contributed by atoms with E-state index in [0.29, 0.717) is 5.92 Å². The molecule has 0 bridgehead atoms. The molecule has 1 aliphatic heterocycles. The Bertz CT molecular complexity index is 915. The van der Waals surface area contributed by atoms with E-state index in [1.54, 1.807) is 0 Å². The van der Waals surface area contributed by atoms with E-state index in [-0.39, 0.29) is 0 Å². The van der Waals surface area contributed by atoms with Gasteiger partial charge < -0.3 is 10.2 Å². The predicted octanol–water partition coefficient (Wildman–Crippen LogP) is 5.12. The predicted molar refractivity (Wildman–Crippen MR) is 121 cm³/mol. The zero-order valence-corrected chi connectivity index (χ0v) is 17.6. The number of piperidine rings is 1. The Morgan fingerprint density at radius 2 is 1.83 bits per heavy atom. The summed E-state index contributed by atoms with van der Waals surface area (Å²) < 4.78 is 0. The lowest BCUT2D eigenvalue weighted by molar-refractivity contribution is 0.190. The molecule has 4 heteroatoms. The van der Waals surface area contributed by atoms with Crippen molar-refractivity contribution in [3.63, 3.8) is 0 Å². The van der Waals surface area contributed by atoms with Crippen LogP contribution < -0.4 is 5.32 Å². The Kier molecular flexibility index (Phi) is 6.40. The molecule has 1 fully saturated rings. The van der Waals surface area contributed by atoms with E-state index in [2.05, 4.69) is 71.5 Å². The molecular weight excluding hydrogens is 356 g/mol. The second-order valence-electron chi connectivity index (χ2n) is 8.52. The van der Waals surface area contributed by atoms with Crippen molar-refractivity contribution in [3.8, 4) is 0 Å². The van der Waals surface area contributed by atoms with Gasteiger partial charge in [0.15, 0.2) is 0 Å². The van der Waals surface area contributed by atoms with Crippen LogP contribution in [0, 0.1) is 5.92 Å². The molecule has 4 rings (SSSR count). The molecule has 0 unspecified atom stereocenters. The Balaban J connectivity index is 1.24. The van der Waals surface area contributed by atoms with E-state index < -0.39 is 0 Å². The third-order valence-electron chi connectivity index (χ3n) is 6.00. The summed E-state index contributed by atoms with van der Waals surface area (Å²) in [7, 11) is 0. The maximum atomic E-state index is 4.79. The van der Waals surface area contributed by atoms with Gasteiger partial charge in [-0.25, -0.2) is 4.98 Å². The highest BCUT2D eigenvalue weighted by molar-refractivity contribution is 5.82. The van der Waals surface area contributed by atoms with Crippen LogP contribution in [0.2, 0.25) is 0 Å². The molecule has 0 saturated carbocycles. The van der Waals surface area contributed by atoms with Crippen LogP contribution >= 0.6 is 0 Å². The van der Waals surface area contributed by atoms with Crippen LogP contribution in [0.25, 0.3) is 10.9 Å². The molecular formula is C25H32N4. The van der Waals surface area contributed by atoms with E-state index in [9.17, 15) is 0 Å². The monoisotopic (exact) mass is 388 g/mol. The molecule has 4 nitrogen and oxygen atoms in total. The lowest BCUT2D eigenvalue weighted by atomic mass is 9.90. The third kappa shape index (κ3) is 5.13. The van der Waals surface area contributed by atoms with Crippen molar-refractivity contribution in [2.75, 3.05) is 31.5 Å². The fourth-order valence-corrected chi connectivity index (χ4v) is 4.34. The van der Waals surface area contributed by atoms with Crippen molar-refractivity contribution in [1.82, 2.24) is 14.9 Å². The Morgan fingerprint density at radius 1 is 1.03 bits per heavy atom. The zero-order chi connectivity index (χ0) is 20.1. The number of nitrogens with one attached hydrogen (secondary N) is 1. The number of fused-ring (bicyclic) bond motifs is 1. The van der Waals surface area contributed by atoms with Crippen LogP contribution in [-0.2, 0) is 6.42 Å². The molecule has 0 atom stereocenters. The highest BCUT2D eigenvalue weighted by Gasteiger charge is 2.19. The minimum atomic E-state index is 0.407. The smallest absolute Gasteiger partial charge is 0.126 e. The lowest BCUT2D eigenvalue weighted by Crippen LogP contribution is -2.37. The molecule has 0 radical (unpaired) electrons. The van der Waals surface area contributed by atoms with Crippen molar-refractivity contribution < 1.29 is 0 Å². The van der Waals surface area contributed by atoms with E-state index in [1.807, 2.05) is 12.3 Å². The van der Waals surface area contributed by atoms with Crippen molar-refractivity contribution in [2.24, 2.45) is 5.92 Å². The molecule has 0 spiro atoms. The van der Waals surface area contributed by atoms with E-state index in [1.165, 1.54) is 37.9 Å². The first-order valence-electron chi connectivity index (χ1n) is 10.9. The number of hydrogen-bond acceptors (Lipinski definition) is 4. The van der Waals surface area contributed by atoms with Crippen LogP contribution in [-0.4, -0.2) is 41.0 Å². The minimum Gasteiger partial charge on any atom is -0.369 e. The second-order valence-corrected chi connectivity index (χ2v) is 8.52. The molecule has 152 valence electrons. The van der Waals surface area contributed by atoms with Gasteiger partial charge in [-0.2, -0.15) is 0 Å². The van der Waals surface area contributed by atoms with Crippen LogP contribution in [0.1, 0.15) is 43.9 Å². The first-order valence-corrected chi connectivity index (χ1v) is 10.9. The topological polar surface area (TPSA) is 41.1 Å². The Morgan fingerprint density at radius 3 is 2.59 bits per heavy atom. The van der Waals surface area contributed by atoms with Crippen molar-refractivity contribution in [2.45, 2.75) is 39.0 Å². The van der Waals surface area contributed by atoms with Gasteiger partial charge in [-0.1, -0.05) is 44.2 Å². The summed E-state index contributed by atoms with van der Waals surface area (Å²) in [4.78, 5) is 11.9. The molecule has 1 aromatic carbocycles. The number of rotatable bonds is 7. The lowest BCUT2D eigenvalue weighted by Gasteiger charge is -2.32. The standard InChI is InChI=1S/C25H32N4/c1-19(2)25-22-8-9-24(28-23(22)10-13-27-25)26-14-17-29-15-11-21(12-16-29)18-20-6-4-3-5-7-20/h3-10,13,19,21H,11-12,14-18H2,1-2H3,(H,26,28). The summed E-state index contributed by atoms with van der Waals surface area (Å²) in [6, 6.07) is 17.2. The maximum Gasteiger partial charge on any atom is 0.126 e. The number of benzene rings is 1. The number of hydrogen-bond donors (Lipinski definition) is 1.